The van der Waals surface area contributed by atoms with E-state index < -0.39 is 47.9 Å². The second-order valence-corrected chi connectivity index (χ2v) is 10.3. The van der Waals surface area contributed by atoms with Gasteiger partial charge in [0.05, 0.1) is 6.04 Å². The number of aromatic amines is 1. The minimum absolute atomic E-state index is 0.129. The quantitative estimate of drug-likeness (QED) is 0.219. The number of carbonyl (C=O) groups excluding carboxylic acids is 3. The van der Waals surface area contributed by atoms with Gasteiger partial charge < -0.3 is 31.8 Å². The first-order valence-corrected chi connectivity index (χ1v) is 13.4. The molecule has 1 heterocycles. The van der Waals surface area contributed by atoms with Gasteiger partial charge in [-0.1, -0.05) is 32.0 Å². The summed E-state index contributed by atoms with van der Waals surface area (Å²) in [5, 5.41) is 18.3. The molecule has 0 saturated carbocycles. The molecule has 10 nitrogen and oxygen atoms in total. The van der Waals surface area contributed by atoms with E-state index in [1.807, 2.05) is 44.4 Å². The van der Waals surface area contributed by atoms with Gasteiger partial charge in [-0.15, -0.1) is 0 Å². The summed E-state index contributed by atoms with van der Waals surface area (Å²) in [7, 11) is 0. The van der Waals surface area contributed by atoms with Crippen molar-refractivity contribution in [3.8, 4) is 0 Å². The van der Waals surface area contributed by atoms with Crippen molar-refractivity contribution in [1.82, 2.24) is 20.9 Å². The lowest BCUT2D eigenvalue weighted by Crippen LogP contribution is -2.57. The smallest absolute Gasteiger partial charge is 0.326 e. The Labute approximate surface area is 215 Å². The number of carboxylic acids is 1. The molecular formula is C25H37N5O5S. The van der Waals surface area contributed by atoms with Crippen LogP contribution < -0.4 is 21.7 Å². The number of nitrogens with two attached hydrogens (primary N) is 1. The third-order valence-electron chi connectivity index (χ3n) is 5.77. The van der Waals surface area contributed by atoms with E-state index in [1.54, 1.807) is 6.20 Å². The fraction of sp³-hybridized carbons (Fsp3) is 0.520. The monoisotopic (exact) mass is 519 g/mol. The zero-order valence-corrected chi connectivity index (χ0v) is 22.0. The normalized spacial score (nSPS) is 14.6. The number of rotatable bonds is 14. The van der Waals surface area contributed by atoms with Crippen molar-refractivity contribution < 1.29 is 24.3 Å². The lowest BCUT2D eigenvalue weighted by molar-refractivity contribution is -0.142. The van der Waals surface area contributed by atoms with Crippen LogP contribution in [0.25, 0.3) is 10.9 Å². The zero-order valence-electron chi connectivity index (χ0n) is 21.2. The highest BCUT2D eigenvalue weighted by atomic mass is 32.2. The molecule has 2 rings (SSSR count). The Morgan fingerprint density at radius 3 is 2.31 bits per heavy atom. The van der Waals surface area contributed by atoms with Crippen LogP contribution >= 0.6 is 11.8 Å². The Kier molecular flexibility index (Phi) is 11.3. The molecule has 0 fully saturated rings. The average Bonchev–Trinajstić information content (AvgIpc) is 3.23. The highest BCUT2D eigenvalue weighted by molar-refractivity contribution is 7.98. The number of amides is 3. The number of carboxylic acid groups (broad SMARTS) is 1. The second-order valence-electron chi connectivity index (χ2n) is 9.27. The van der Waals surface area contributed by atoms with Crippen LogP contribution in [0.1, 0.15) is 39.2 Å². The summed E-state index contributed by atoms with van der Waals surface area (Å²) in [6.45, 7) is 5.40. The Morgan fingerprint density at radius 1 is 1.00 bits per heavy atom. The molecule has 4 atom stereocenters. The zero-order chi connectivity index (χ0) is 26.8. The maximum Gasteiger partial charge on any atom is 0.326 e. The maximum atomic E-state index is 13.2. The molecule has 3 amide bonds. The number of aliphatic carboxylic acids is 1. The molecule has 11 heteroatoms. The summed E-state index contributed by atoms with van der Waals surface area (Å²) in [4.78, 5) is 53.3. The number of hydrogen-bond donors (Lipinski definition) is 6. The van der Waals surface area contributed by atoms with E-state index in [4.69, 9.17) is 5.73 Å². The molecule has 1 aromatic heterocycles. The summed E-state index contributed by atoms with van der Waals surface area (Å²) in [6, 6.07) is 3.71. The molecule has 36 heavy (non-hydrogen) atoms. The van der Waals surface area contributed by atoms with Gasteiger partial charge in [-0.3, -0.25) is 14.4 Å². The predicted molar refractivity (Wildman–Crippen MR) is 142 cm³/mol. The van der Waals surface area contributed by atoms with E-state index in [-0.39, 0.29) is 18.8 Å². The van der Waals surface area contributed by atoms with E-state index in [1.165, 1.54) is 18.7 Å². The number of hydrogen-bond acceptors (Lipinski definition) is 6. The van der Waals surface area contributed by atoms with E-state index in [9.17, 15) is 24.3 Å². The first-order valence-electron chi connectivity index (χ1n) is 12.0. The number of carbonyl (C=O) groups is 4. The molecule has 7 N–H and O–H groups in total. The fourth-order valence-electron chi connectivity index (χ4n) is 3.79. The van der Waals surface area contributed by atoms with Crippen LogP contribution in [0.5, 0.6) is 0 Å². The molecule has 0 spiro atoms. The van der Waals surface area contributed by atoms with Crippen LogP contribution in [0.15, 0.2) is 30.5 Å². The van der Waals surface area contributed by atoms with Crippen LogP contribution in [-0.4, -0.2) is 70.0 Å². The number of H-pyrrole nitrogens is 1. The van der Waals surface area contributed by atoms with Crippen LogP contribution in [0, 0.1) is 5.92 Å². The van der Waals surface area contributed by atoms with Crippen LogP contribution in [0.2, 0.25) is 0 Å². The summed E-state index contributed by atoms with van der Waals surface area (Å²) in [5.41, 5.74) is 7.58. The van der Waals surface area contributed by atoms with Crippen LogP contribution in [0.3, 0.4) is 0 Å². The summed E-state index contributed by atoms with van der Waals surface area (Å²) in [5.74, 6) is -2.02. The van der Waals surface area contributed by atoms with Gasteiger partial charge in [0, 0.05) is 23.5 Å². The minimum Gasteiger partial charge on any atom is -0.480 e. The highest BCUT2D eigenvalue weighted by Gasteiger charge is 2.29. The Balaban J connectivity index is 2.19. The molecule has 1 aromatic carbocycles. The van der Waals surface area contributed by atoms with Crippen molar-refractivity contribution in [3.05, 3.63) is 36.0 Å². The van der Waals surface area contributed by atoms with Crippen molar-refractivity contribution in [1.29, 1.82) is 0 Å². The topological polar surface area (TPSA) is 166 Å². The molecule has 0 radical (unpaired) electrons. The molecule has 2 aromatic rings. The number of thioether (sulfide) groups is 1. The number of aromatic nitrogens is 1. The molecule has 0 aliphatic carbocycles. The molecule has 198 valence electrons. The summed E-state index contributed by atoms with van der Waals surface area (Å²) >= 11 is 1.48. The fourth-order valence-corrected chi connectivity index (χ4v) is 4.26. The molecule has 0 saturated heterocycles. The number of fused-ring (bicyclic) bond motifs is 1. The summed E-state index contributed by atoms with van der Waals surface area (Å²) in [6.07, 6.45) is 4.46. The SMILES string of the molecule is CSCCC(NC(=O)C(Cc1c[nH]c2ccccc12)NC(=O)C(C)NC(=O)C(N)CC(C)C)C(=O)O. The highest BCUT2D eigenvalue weighted by Crippen LogP contribution is 2.19. The van der Waals surface area contributed by atoms with Gasteiger partial charge >= 0.3 is 5.97 Å². The Hall–Kier alpha value is -3.05. The van der Waals surface area contributed by atoms with Crippen molar-refractivity contribution in [2.24, 2.45) is 11.7 Å². The third kappa shape index (κ3) is 8.56. The molecule has 0 aliphatic rings. The van der Waals surface area contributed by atoms with Gasteiger partial charge in [0.1, 0.15) is 18.1 Å². The van der Waals surface area contributed by atoms with E-state index in [0.717, 1.165) is 16.5 Å². The largest absolute Gasteiger partial charge is 0.480 e. The van der Waals surface area contributed by atoms with Gasteiger partial charge in [-0.05, 0) is 49.3 Å². The molecule has 4 unspecified atom stereocenters. The Morgan fingerprint density at radius 2 is 1.67 bits per heavy atom. The van der Waals surface area contributed by atoms with Crippen LogP contribution in [-0.2, 0) is 25.6 Å². The molecule has 0 bridgehead atoms. The molecule has 0 aliphatic heterocycles. The van der Waals surface area contributed by atoms with E-state index in [0.29, 0.717) is 12.2 Å². The van der Waals surface area contributed by atoms with Crippen molar-refractivity contribution >= 4 is 46.4 Å². The van der Waals surface area contributed by atoms with Gasteiger partial charge in [0.25, 0.3) is 0 Å². The van der Waals surface area contributed by atoms with E-state index >= 15 is 0 Å². The first-order chi connectivity index (χ1) is 17.0. The lowest BCUT2D eigenvalue weighted by Gasteiger charge is -2.24. The average molecular weight is 520 g/mol. The summed E-state index contributed by atoms with van der Waals surface area (Å²) < 4.78 is 0. The van der Waals surface area contributed by atoms with Gasteiger partial charge in [-0.2, -0.15) is 11.8 Å². The van der Waals surface area contributed by atoms with E-state index in [2.05, 4.69) is 20.9 Å². The van der Waals surface area contributed by atoms with Gasteiger partial charge in [0.2, 0.25) is 17.7 Å². The van der Waals surface area contributed by atoms with Crippen molar-refractivity contribution in [3.63, 3.8) is 0 Å². The third-order valence-corrected chi connectivity index (χ3v) is 6.42. The van der Waals surface area contributed by atoms with Crippen molar-refractivity contribution in [2.75, 3.05) is 12.0 Å². The lowest BCUT2D eigenvalue weighted by atomic mass is 10.0. The first kappa shape index (κ1) is 29.2. The number of para-hydroxylation sites is 1. The maximum absolute atomic E-state index is 13.2. The molecular weight excluding hydrogens is 482 g/mol. The predicted octanol–water partition coefficient (Wildman–Crippen LogP) is 1.40. The standard InChI is InChI=1S/C25H37N5O5S/c1-14(2)11-18(26)23(32)28-15(3)22(31)30-21(24(33)29-20(25(34)35)9-10-36-4)12-16-13-27-19-8-6-5-7-17(16)19/h5-8,13-15,18,20-21,27H,9-12,26H2,1-4H3,(H,28,32)(H,29,33)(H,30,31)(H,34,35). The second kappa shape index (κ2) is 13.9. The van der Waals surface area contributed by atoms with Gasteiger partial charge in [0.15, 0.2) is 0 Å². The number of benzene rings is 1. The van der Waals surface area contributed by atoms with Crippen molar-refractivity contribution in [2.45, 2.75) is 64.2 Å². The van der Waals surface area contributed by atoms with Crippen LogP contribution in [0.4, 0.5) is 0 Å². The number of nitrogens with one attached hydrogen (secondary N) is 4. The van der Waals surface area contributed by atoms with Gasteiger partial charge in [-0.25, -0.2) is 4.79 Å². The Bertz CT molecular complexity index is 1060. The minimum atomic E-state index is -1.14.